The van der Waals surface area contributed by atoms with Crippen LogP contribution in [0.15, 0.2) is 30.6 Å². The van der Waals surface area contributed by atoms with E-state index in [0.29, 0.717) is 17.2 Å². The Bertz CT molecular complexity index is 517. The fourth-order valence-electron chi connectivity index (χ4n) is 1.76. The molecule has 0 aliphatic carbocycles. The van der Waals surface area contributed by atoms with Gasteiger partial charge in [-0.1, -0.05) is 13.8 Å². The average molecular weight is 233 g/mol. The molecule has 17 heavy (non-hydrogen) atoms. The number of nitrogens with two attached hydrogens (primary N) is 1. The Morgan fingerprint density at radius 2 is 2.18 bits per heavy atom. The van der Waals surface area contributed by atoms with Gasteiger partial charge in [-0.05, 0) is 24.1 Å². The molecule has 0 saturated carbocycles. The lowest BCUT2D eigenvalue weighted by molar-refractivity contribution is 0.483. The van der Waals surface area contributed by atoms with Crippen molar-refractivity contribution in [1.29, 1.82) is 0 Å². The lowest BCUT2D eigenvalue weighted by atomic mass is 10.1. The van der Waals surface area contributed by atoms with Crippen LogP contribution in [-0.4, -0.2) is 9.78 Å². The fraction of sp³-hybridized carbons (Fsp3) is 0.308. The second-order valence-electron chi connectivity index (χ2n) is 4.58. The molecule has 2 rings (SSSR count). The van der Waals surface area contributed by atoms with Crippen LogP contribution in [0.5, 0.6) is 0 Å². The molecule has 1 aromatic carbocycles. The van der Waals surface area contributed by atoms with Gasteiger partial charge in [0.1, 0.15) is 5.82 Å². The van der Waals surface area contributed by atoms with Gasteiger partial charge in [0.15, 0.2) is 0 Å². The van der Waals surface area contributed by atoms with E-state index in [1.165, 1.54) is 12.1 Å². The molecule has 4 heteroatoms. The number of hydrogen-bond donors (Lipinski definition) is 1. The molecule has 0 aliphatic heterocycles. The maximum Gasteiger partial charge on any atom is 0.123 e. The van der Waals surface area contributed by atoms with Crippen molar-refractivity contribution in [3.8, 4) is 11.1 Å². The van der Waals surface area contributed by atoms with Crippen LogP contribution in [0.4, 0.5) is 10.1 Å². The van der Waals surface area contributed by atoms with Gasteiger partial charge >= 0.3 is 0 Å². The predicted octanol–water partition coefficient (Wildman–Crippen LogP) is 2.93. The summed E-state index contributed by atoms with van der Waals surface area (Å²) in [7, 11) is 0. The van der Waals surface area contributed by atoms with Crippen molar-refractivity contribution < 1.29 is 4.39 Å². The average Bonchev–Trinajstić information content (AvgIpc) is 2.69. The van der Waals surface area contributed by atoms with Crippen molar-refractivity contribution in [2.75, 3.05) is 5.73 Å². The number of rotatable bonds is 3. The van der Waals surface area contributed by atoms with E-state index in [2.05, 4.69) is 18.9 Å². The molecule has 0 unspecified atom stereocenters. The van der Waals surface area contributed by atoms with Crippen LogP contribution >= 0.6 is 0 Å². The van der Waals surface area contributed by atoms with Gasteiger partial charge in [-0.3, -0.25) is 4.68 Å². The van der Waals surface area contributed by atoms with Gasteiger partial charge in [0.2, 0.25) is 0 Å². The first-order valence-electron chi connectivity index (χ1n) is 5.64. The second-order valence-corrected chi connectivity index (χ2v) is 4.58. The molecule has 0 bridgehead atoms. The zero-order chi connectivity index (χ0) is 12.4. The van der Waals surface area contributed by atoms with E-state index < -0.39 is 0 Å². The standard InChI is InChI=1S/C13H16FN3/c1-9(2)7-17-8-10(6-16-17)12-5-11(14)3-4-13(12)15/h3-6,8-9H,7,15H2,1-2H3. The van der Waals surface area contributed by atoms with E-state index in [-0.39, 0.29) is 5.82 Å². The first-order valence-corrected chi connectivity index (χ1v) is 5.64. The Labute approximate surface area is 100 Å². The van der Waals surface area contributed by atoms with Crippen LogP contribution in [0.25, 0.3) is 11.1 Å². The summed E-state index contributed by atoms with van der Waals surface area (Å²) in [5.74, 6) is 0.235. The number of nitrogen functional groups attached to an aromatic ring is 1. The highest BCUT2D eigenvalue weighted by Crippen LogP contribution is 2.26. The first-order chi connectivity index (χ1) is 8.06. The number of benzene rings is 1. The lowest BCUT2D eigenvalue weighted by Crippen LogP contribution is -2.04. The topological polar surface area (TPSA) is 43.8 Å². The minimum Gasteiger partial charge on any atom is -0.398 e. The van der Waals surface area contributed by atoms with Crippen molar-refractivity contribution >= 4 is 5.69 Å². The zero-order valence-electron chi connectivity index (χ0n) is 10.0. The summed E-state index contributed by atoms with van der Waals surface area (Å²) in [4.78, 5) is 0. The van der Waals surface area contributed by atoms with Crippen molar-refractivity contribution in [2.45, 2.75) is 20.4 Å². The van der Waals surface area contributed by atoms with E-state index in [9.17, 15) is 4.39 Å². The molecule has 1 aromatic heterocycles. The van der Waals surface area contributed by atoms with E-state index in [4.69, 9.17) is 5.73 Å². The second kappa shape index (κ2) is 4.57. The van der Waals surface area contributed by atoms with Crippen LogP contribution in [0.2, 0.25) is 0 Å². The third-order valence-corrected chi connectivity index (χ3v) is 2.51. The third-order valence-electron chi connectivity index (χ3n) is 2.51. The molecule has 0 spiro atoms. The first kappa shape index (κ1) is 11.6. The van der Waals surface area contributed by atoms with Crippen LogP contribution in [0, 0.1) is 11.7 Å². The Morgan fingerprint density at radius 3 is 2.88 bits per heavy atom. The molecule has 90 valence electrons. The van der Waals surface area contributed by atoms with Crippen LogP contribution in [0.1, 0.15) is 13.8 Å². The lowest BCUT2D eigenvalue weighted by Gasteiger charge is -2.04. The van der Waals surface area contributed by atoms with E-state index in [0.717, 1.165) is 12.1 Å². The van der Waals surface area contributed by atoms with Crippen LogP contribution < -0.4 is 5.73 Å². The minimum absolute atomic E-state index is 0.286. The van der Waals surface area contributed by atoms with Crippen LogP contribution in [0.3, 0.4) is 0 Å². The number of nitrogens with zero attached hydrogens (tertiary/aromatic N) is 2. The molecule has 1 heterocycles. The maximum atomic E-state index is 13.2. The molecule has 0 aliphatic rings. The third kappa shape index (κ3) is 2.64. The summed E-state index contributed by atoms with van der Waals surface area (Å²) >= 11 is 0. The summed E-state index contributed by atoms with van der Waals surface area (Å²) in [6.07, 6.45) is 3.61. The highest BCUT2D eigenvalue weighted by atomic mass is 19.1. The molecule has 2 N–H and O–H groups in total. The molecule has 0 fully saturated rings. The molecular weight excluding hydrogens is 217 g/mol. The highest BCUT2D eigenvalue weighted by Gasteiger charge is 2.07. The maximum absolute atomic E-state index is 13.2. The summed E-state index contributed by atoms with van der Waals surface area (Å²) in [6.45, 7) is 5.09. The van der Waals surface area contributed by atoms with Gasteiger partial charge in [0.05, 0.1) is 6.20 Å². The van der Waals surface area contributed by atoms with Gasteiger partial charge in [-0.15, -0.1) is 0 Å². The summed E-state index contributed by atoms with van der Waals surface area (Å²) in [5.41, 5.74) is 7.94. The normalized spacial score (nSPS) is 11.1. The summed E-state index contributed by atoms with van der Waals surface area (Å²) in [5, 5.41) is 4.24. The van der Waals surface area contributed by atoms with Crippen molar-refractivity contribution in [1.82, 2.24) is 9.78 Å². The molecule has 2 aromatic rings. The predicted molar refractivity (Wildman–Crippen MR) is 66.9 cm³/mol. The van der Waals surface area contributed by atoms with Crippen molar-refractivity contribution in [2.24, 2.45) is 5.92 Å². The van der Waals surface area contributed by atoms with Gasteiger partial charge in [0.25, 0.3) is 0 Å². The zero-order valence-corrected chi connectivity index (χ0v) is 10.0. The molecule has 0 atom stereocenters. The molecule has 0 radical (unpaired) electrons. The van der Waals surface area contributed by atoms with E-state index in [1.54, 1.807) is 12.3 Å². The van der Waals surface area contributed by atoms with E-state index in [1.807, 2.05) is 10.9 Å². The summed E-state index contributed by atoms with van der Waals surface area (Å²) < 4.78 is 15.0. The largest absolute Gasteiger partial charge is 0.398 e. The summed E-state index contributed by atoms with van der Waals surface area (Å²) in [6, 6.07) is 4.37. The van der Waals surface area contributed by atoms with Gasteiger partial charge in [-0.2, -0.15) is 5.10 Å². The molecule has 0 amide bonds. The van der Waals surface area contributed by atoms with Crippen molar-refractivity contribution in [3.05, 3.63) is 36.4 Å². The number of anilines is 1. The van der Waals surface area contributed by atoms with Crippen molar-refractivity contribution in [3.63, 3.8) is 0 Å². The van der Waals surface area contributed by atoms with Gasteiger partial charge in [-0.25, -0.2) is 4.39 Å². The Morgan fingerprint density at radius 1 is 1.41 bits per heavy atom. The SMILES string of the molecule is CC(C)Cn1cc(-c2cc(F)ccc2N)cn1. The Balaban J connectivity index is 2.33. The molecular formula is C13H16FN3. The number of aromatic nitrogens is 2. The highest BCUT2D eigenvalue weighted by molar-refractivity contribution is 5.75. The van der Waals surface area contributed by atoms with E-state index >= 15 is 0 Å². The molecule has 3 nitrogen and oxygen atoms in total. The molecule has 0 saturated heterocycles. The minimum atomic E-state index is -0.286. The Hall–Kier alpha value is -1.84. The quantitative estimate of drug-likeness (QED) is 0.828. The van der Waals surface area contributed by atoms with Crippen LogP contribution in [-0.2, 0) is 6.54 Å². The number of halogens is 1. The smallest absolute Gasteiger partial charge is 0.123 e. The Kier molecular flexibility index (Phi) is 3.13. The van der Waals surface area contributed by atoms with Gasteiger partial charge in [0, 0.05) is 29.6 Å². The fourth-order valence-corrected chi connectivity index (χ4v) is 1.76. The monoisotopic (exact) mass is 233 g/mol. The number of hydrogen-bond acceptors (Lipinski definition) is 2. The van der Waals surface area contributed by atoms with Gasteiger partial charge < -0.3 is 5.73 Å².